The van der Waals surface area contributed by atoms with Crippen LogP contribution in [0.4, 0.5) is 0 Å². The monoisotopic (exact) mass is 495 g/mol. The molecular formula is C27H33N3O6. The molecule has 192 valence electrons. The van der Waals surface area contributed by atoms with E-state index >= 15 is 0 Å². The summed E-state index contributed by atoms with van der Waals surface area (Å²) in [4.78, 5) is 40.5. The van der Waals surface area contributed by atoms with Gasteiger partial charge in [0.15, 0.2) is 11.5 Å². The molecule has 0 aliphatic carbocycles. The fourth-order valence-electron chi connectivity index (χ4n) is 5.33. The molecule has 0 saturated carbocycles. The number of carbonyl (C=O) groups is 3. The second-order valence-electron chi connectivity index (χ2n) is 9.14. The molecule has 36 heavy (non-hydrogen) atoms. The van der Waals surface area contributed by atoms with E-state index in [1.807, 2.05) is 11.0 Å². The van der Waals surface area contributed by atoms with E-state index in [0.29, 0.717) is 41.2 Å². The van der Waals surface area contributed by atoms with Crippen molar-refractivity contribution in [3.63, 3.8) is 0 Å². The molecule has 2 aliphatic rings. The van der Waals surface area contributed by atoms with Gasteiger partial charge in [0.05, 0.1) is 27.9 Å². The summed E-state index contributed by atoms with van der Waals surface area (Å²) in [6.07, 6.45) is 4.15. The summed E-state index contributed by atoms with van der Waals surface area (Å²) < 4.78 is 16.1. The maximum atomic E-state index is 13.1. The number of fused-ring (bicyclic) bond motifs is 2. The van der Waals surface area contributed by atoms with Gasteiger partial charge in [0.2, 0.25) is 11.7 Å². The van der Waals surface area contributed by atoms with Gasteiger partial charge in [0.25, 0.3) is 11.8 Å². The fourth-order valence-corrected chi connectivity index (χ4v) is 5.33. The quantitative estimate of drug-likeness (QED) is 0.583. The van der Waals surface area contributed by atoms with E-state index in [9.17, 15) is 14.4 Å². The minimum absolute atomic E-state index is 0.0314. The lowest BCUT2D eigenvalue weighted by molar-refractivity contribution is -0.140. The number of hydrogen-bond donors (Lipinski definition) is 2. The van der Waals surface area contributed by atoms with Crippen molar-refractivity contribution in [2.75, 3.05) is 27.9 Å². The fraction of sp³-hybridized carbons (Fsp3) is 0.444. The Morgan fingerprint density at radius 2 is 1.47 bits per heavy atom. The lowest BCUT2D eigenvalue weighted by atomic mass is 9.81. The van der Waals surface area contributed by atoms with Crippen LogP contribution in [0, 0.1) is 0 Å². The van der Waals surface area contributed by atoms with Crippen LogP contribution in [0.3, 0.4) is 0 Å². The van der Waals surface area contributed by atoms with Crippen LogP contribution in [0.25, 0.3) is 0 Å². The molecule has 2 bridgehead atoms. The SMILES string of the molecule is COc1cc(C(=O)NC2CC3CCCC(C2)N3C(=O)CNC(=O)c2ccccc2)cc(OC)c1OC. The average Bonchev–Trinajstić information content (AvgIpc) is 2.90. The van der Waals surface area contributed by atoms with Crippen molar-refractivity contribution in [2.45, 2.75) is 50.2 Å². The van der Waals surface area contributed by atoms with Crippen molar-refractivity contribution in [2.24, 2.45) is 0 Å². The first kappa shape index (κ1) is 25.3. The zero-order valence-electron chi connectivity index (χ0n) is 20.9. The predicted octanol–water partition coefficient (Wildman–Crippen LogP) is 2.78. The van der Waals surface area contributed by atoms with Gasteiger partial charge in [-0.15, -0.1) is 0 Å². The average molecular weight is 496 g/mol. The lowest BCUT2D eigenvalue weighted by Crippen LogP contribution is -2.60. The summed E-state index contributed by atoms with van der Waals surface area (Å²) in [5.74, 6) is 0.683. The van der Waals surface area contributed by atoms with Crippen molar-refractivity contribution in [1.82, 2.24) is 15.5 Å². The summed E-state index contributed by atoms with van der Waals surface area (Å²) in [7, 11) is 4.53. The Hall–Kier alpha value is -3.75. The standard InChI is InChI=1S/C27H33N3O6/c1-34-22-12-18(13-23(35-2)25(22)36-3)27(33)29-19-14-20-10-7-11-21(15-19)30(20)24(31)16-28-26(32)17-8-5-4-6-9-17/h4-6,8-9,12-13,19-21H,7,10-11,14-16H2,1-3H3,(H,28,32)(H,29,33). The third-order valence-electron chi connectivity index (χ3n) is 6.96. The Bertz CT molecular complexity index is 1070. The van der Waals surface area contributed by atoms with Gasteiger partial charge in [0.1, 0.15) is 0 Å². The second kappa shape index (κ2) is 11.3. The summed E-state index contributed by atoms with van der Waals surface area (Å²) in [5, 5.41) is 5.88. The molecule has 2 unspecified atom stereocenters. The van der Waals surface area contributed by atoms with Gasteiger partial charge in [-0.1, -0.05) is 18.2 Å². The molecule has 0 aromatic heterocycles. The first-order valence-electron chi connectivity index (χ1n) is 12.2. The number of carbonyl (C=O) groups excluding carboxylic acids is 3. The van der Waals surface area contributed by atoms with E-state index in [1.54, 1.807) is 36.4 Å². The summed E-state index contributed by atoms with van der Waals surface area (Å²) in [6, 6.07) is 12.1. The van der Waals surface area contributed by atoms with Gasteiger partial charge < -0.3 is 29.7 Å². The van der Waals surface area contributed by atoms with Crippen LogP contribution in [-0.2, 0) is 4.79 Å². The van der Waals surface area contributed by atoms with Crippen molar-refractivity contribution >= 4 is 17.7 Å². The molecule has 2 N–H and O–H groups in total. The van der Waals surface area contributed by atoms with Crippen LogP contribution in [0.5, 0.6) is 17.2 Å². The number of nitrogens with one attached hydrogen (secondary N) is 2. The molecule has 2 saturated heterocycles. The van der Waals surface area contributed by atoms with E-state index < -0.39 is 0 Å². The predicted molar refractivity (Wildman–Crippen MR) is 134 cm³/mol. The third kappa shape index (κ3) is 5.40. The number of ether oxygens (including phenoxy) is 3. The maximum absolute atomic E-state index is 13.1. The van der Waals surface area contributed by atoms with Crippen LogP contribution < -0.4 is 24.8 Å². The van der Waals surface area contributed by atoms with E-state index in [1.165, 1.54) is 21.3 Å². The molecule has 2 aromatic carbocycles. The molecule has 9 nitrogen and oxygen atoms in total. The largest absolute Gasteiger partial charge is 0.493 e. The van der Waals surface area contributed by atoms with Crippen molar-refractivity contribution in [3.05, 3.63) is 53.6 Å². The van der Waals surface area contributed by atoms with E-state index in [0.717, 1.165) is 19.3 Å². The molecule has 2 heterocycles. The summed E-state index contributed by atoms with van der Waals surface area (Å²) in [5.41, 5.74) is 0.940. The molecule has 2 atom stereocenters. The van der Waals surface area contributed by atoms with Crippen molar-refractivity contribution in [1.29, 1.82) is 0 Å². The zero-order chi connectivity index (χ0) is 25.7. The van der Waals surface area contributed by atoms with Gasteiger partial charge in [-0.05, 0) is 56.4 Å². The van der Waals surface area contributed by atoms with Crippen LogP contribution in [0.2, 0.25) is 0 Å². The van der Waals surface area contributed by atoms with Gasteiger partial charge in [-0.2, -0.15) is 0 Å². The smallest absolute Gasteiger partial charge is 0.251 e. The topological polar surface area (TPSA) is 106 Å². The third-order valence-corrected chi connectivity index (χ3v) is 6.96. The molecule has 0 radical (unpaired) electrons. The Balaban J connectivity index is 1.39. The Morgan fingerprint density at radius 3 is 2.03 bits per heavy atom. The van der Waals surface area contributed by atoms with Crippen molar-refractivity contribution in [3.8, 4) is 17.2 Å². The minimum atomic E-state index is -0.262. The molecule has 0 spiro atoms. The number of hydrogen-bond acceptors (Lipinski definition) is 6. The van der Waals surface area contributed by atoms with E-state index in [-0.39, 0.29) is 42.4 Å². The summed E-state index contributed by atoms with van der Waals surface area (Å²) >= 11 is 0. The van der Waals surface area contributed by atoms with Crippen LogP contribution >= 0.6 is 0 Å². The second-order valence-corrected chi connectivity index (χ2v) is 9.14. The van der Waals surface area contributed by atoms with E-state index in [2.05, 4.69) is 10.6 Å². The number of amides is 3. The number of nitrogens with zero attached hydrogens (tertiary/aromatic N) is 1. The van der Waals surface area contributed by atoms with E-state index in [4.69, 9.17) is 14.2 Å². The molecule has 9 heteroatoms. The molecule has 2 aromatic rings. The molecule has 2 aliphatic heterocycles. The highest BCUT2D eigenvalue weighted by atomic mass is 16.5. The Morgan fingerprint density at radius 1 is 0.861 bits per heavy atom. The maximum Gasteiger partial charge on any atom is 0.251 e. The number of benzene rings is 2. The van der Waals surface area contributed by atoms with Crippen molar-refractivity contribution < 1.29 is 28.6 Å². The highest BCUT2D eigenvalue weighted by Gasteiger charge is 2.41. The lowest BCUT2D eigenvalue weighted by Gasteiger charge is -2.49. The summed E-state index contributed by atoms with van der Waals surface area (Å²) in [6.45, 7) is -0.0385. The first-order chi connectivity index (χ1) is 17.4. The van der Waals surface area contributed by atoms with Gasteiger partial charge in [-0.25, -0.2) is 0 Å². The molecular weight excluding hydrogens is 462 g/mol. The Kier molecular flexibility index (Phi) is 7.97. The minimum Gasteiger partial charge on any atom is -0.493 e. The zero-order valence-corrected chi connectivity index (χ0v) is 20.9. The number of piperidine rings is 2. The normalized spacial score (nSPS) is 20.8. The molecule has 2 fully saturated rings. The van der Waals surface area contributed by atoms with Gasteiger partial charge in [0, 0.05) is 29.3 Å². The molecule has 4 rings (SSSR count). The van der Waals surface area contributed by atoms with Crippen LogP contribution in [0.15, 0.2) is 42.5 Å². The Labute approximate surface area is 211 Å². The molecule has 3 amide bonds. The highest BCUT2D eigenvalue weighted by Crippen LogP contribution is 2.38. The van der Waals surface area contributed by atoms with Gasteiger partial charge in [-0.3, -0.25) is 14.4 Å². The van der Waals surface area contributed by atoms with Gasteiger partial charge >= 0.3 is 0 Å². The van der Waals surface area contributed by atoms with Crippen LogP contribution in [-0.4, -0.2) is 68.6 Å². The van der Waals surface area contributed by atoms with Crippen LogP contribution in [0.1, 0.15) is 52.8 Å². The highest BCUT2D eigenvalue weighted by molar-refractivity contribution is 5.97. The number of methoxy groups -OCH3 is 3. The number of rotatable bonds is 8. The first-order valence-corrected chi connectivity index (χ1v) is 12.2.